The van der Waals surface area contributed by atoms with Crippen LogP contribution >= 0.6 is 23.1 Å². The predicted molar refractivity (Wildman–Crippen MR) is 99.8 cm³/mol. The number of aromatic nitrogens is 1. The molecule has 0 aliphatic carbocycles. The Labute approximate surface area is 148 Å². The molecule has 0 aliphatic heterocycles. The summed E-state index contributed by atoms with van der Waals surface area (Å²) >= 11 is 2.97. The number of hydrogen-bond donors (Lipinski definition) is 2. The van der Waals surface area contributed by atoms with Crippen molar-refractivity contribution < 1.29 is 9.53 Å². The molecule has 5 nitrogen and oxygen atoms in total. The van der Waals surface area contributed by atoms with Gasteiger partial charge in [0.05, 0.1) is 17.6 Å². The van der Waals surface area contributed by atoms with E-state index in [1.54, 1.807) is 7.11 Å². The van der Waals surface area contributed by atoms with Gasteiger partial charge in [-0.25, -0.2) is 4.98 Å². The highest BCUT2D eigenvalue weighted by Gasteiger charge is 2.11. The summed E-state index contributed by atoms with van der Waals surface area (Å²) < 4.78 is 6.38. The van der Waals surface area contributed by atoms with Gasteiger partial charge in [-0.1, -0.05) is 35.6 Å². The molecule has 0 fully saturated rings. The van der Waals surface area contributed by atoms with E-state index in [0.717, 1.165) is 26.4 Å². The van der Waals surface area contributed by atoms with Gasteiger partial charge in [-0.2, -0.15) is 0 Å². The van der Waals surface area contributed by atoms with Crippen molar-refractivity contribution >= 4 is 44.4 Å². The second kappa shape index (κ2) is 7.55. The number of carbonyl (C=O) groups is 1. The number of nitrogens with zero attached hydrogens (tertiary/aromatic N) is 1. The molecule has 3 aromatic rings. The number of anilines is 1. The van der Waals surface area contributed by atoms with Crippen molar-refractivity contribution in [2.24, 2.45) is 0 Å². The van der Waals surface area contributed by atoms with E-state index in [0.29, 0.717) is 10.9 Å². The van der Waals surface area contributed by atoms with Crippen molar-refractivity contribution in [3.05, 3.63) is 48.0 Å². The quantitative estimate of drug-likeness (QED) is 0.517. The molecule has 2 aromatic carbocycles. The Hall–Kier alpha value is -2.25. The van der Waals surface area contributed by atoms with E-state index >= 15 is 0 Å². The number of benzene rings is 2. The van der Waals surface area contributed by atoms with Crippen LogP contribution in [0.2, 0.25) is 0 Å². The summed E-state index contributed by atoms with van der Waals surface area (Å²) in [5, 5.41) is 0.635. The zero-order valence-corrected chi connectivity index (χ0v) is 15.0. The summed E-state index contributed by atoms with van der Waals surface area (Å²) in [6.45, 7) is 2.03. The summed E-state index contributed by atoms with van der Waals surface area (Å²) in [5.74, 6) is 0.960. The van der Waals surface area contributed by atoms with Crippen LogP contribution in [0.15, 0.2) is 47.4 Å². The lowest BCUT2D eigenvalue weighted by atomic mass is 10.2. The fourth-order valence-corrected chi connectivity index (χ4v) is 3.78. The number of rotatable bonds is 6. The van der Waals surface area contributed by atoms with Gasteiger partial charge in [0.25, 0.3) is 0 Å². The first-order valence-corrected chi connectivity index (χ1v) is 9.14. The number of hydrazine groups is 1. The Bertz CT molecular complexity index is 850. The number of carbonyl (C=O) groups excluding carboxylic acids is 1. The summed E-state index contributed by atoms with van der Waals surface area (Å²) in [5.41, 5.74) is 7.50. The topological polar surface area (TPSA) is 63.2 Å². The fourth-order valence-electron chi connectivity index (χ4n) is 2.15. The van der Waals surface area contributed by atoms with Crippen molar-refractivity contribution in [1.82, 2.24) is 10.4 Å². The predicted octanol–water partition coefficient (Wildman–Crippen LogP) is 3.85. The third-order valence-corrected chi connectivity index (χ3v) is 5.46. The van der Waals surface area contributed by atoms with E-state index in [1.807, 2.05) is 49.4 Å². The Balaban J connectivity index is 1.61. The SMILES string of the molecule is COc1ccc(C)c2sc(NNC(=O)CSc3ccccc3)nc12. The largest absolute Gasteiger partial charge is 0.494 e. The van der Waals surface area contributed by atoms with Crippen molar-refractivity contribution in [2.75, 3.05) is 18.3 Å². The molecule has 3 rings (SSSR count). The zero-order valence-electron chi connectivity index (χ0n) is 13.3. The number of amides is 1. The van der Waals surface area contributed by atoms with Gasteiger partial charge >= 0.3 is 0 Å². The van der Waals surface area contributed by atoms with E-state index in [-0.39, 0.29) is 5.91 Å². The molecule has 0 spiro atoms. The fraction of sp³-hybridized carbons (Fsp3) is 0.176. The number of ether oxygens (including phenoxy) is 1. The number of hydrogen-bond acceptors (Lipinski definition) is 6. The van der Waals surface area contributed by atoms with Crippen LogP contribution in [0.4, 0.5) is 5.13 Å². The van der Waals surface area contributed by atoms with Crippen molar-refractivity contribution in [3.8, 4) is 5.75 Å². The molecule has 24 heavy (non-hydrogen) atoms. The molecule has 0 bridgehead atoms. The highest BCUT2D eigenvalue weighted by Crippen LogP contribution is 2.34. The van der Waals surface area contributed by atoms with Gasteiger partial charge in [0.15, 0.2) is 0 Å². The standard InChI is InChI=1S/C17H17N3O2S2/c1-11-8-9-13(22-2)15-16(11)24-17(18-15)20-19-14(21)10-23-12-6-4-3-5-7-12/h3-9H,10H2,1-2H3,(H,18,20)(H,19,21). The third-order valence-electron chi connectivity index (χ3n) is 3.35. The molecular formula is C17H17N3O2S2. The average Bonchev–Trinajstić information content (AvgIpc) is 3.05. The lowest BCUT2D eigenvalue weighted by Crippen LogP contribution is -2.30. The molecule has 0 saturated carbocycles. The normalized spacial score (nSPS) is 10.6. The van der Waals surface area contributed by atoms with Crippen LogP contribution in [-0.2, 0) is 4.79 Å². The van der Waals surface area contributed by atoms with Crippen molar-refractivity contribution in [2.45, 2.75) is 11.8 Å². The van der Waals surface area contributed by atoms with Gasteiger partial charge in [0, 0.05) is 4.90 Å². The zero-order chi connectivity index (χ0) is 16.9. The molecule has 1 heterocycles. The molecular weight excluding hydrogens is 342 g/mol. The second-order valence-electron chi connectivity index (χ2n) is 5.06. The molecule has 0 atom stereocenters. The molecule has 0 aliphatic rings. The maximum absolute atomic E-state index is 12.0. The Morgan fingerprint density at radius 2 is 2.04 bits per heavy atom. The maximum Gasteiger partial charge on any atom is 0.248 e. The van der Waals surface area contributed by atoms with Crippen LogP contribution in [0.25, 0.3) is 10.2 Å². The number of fused-ring (bicyclic) bond motifs is 1. The summed E-state index contributed by atoms with van der Waals surface area (Å²) in [6, 6.07) is 13.7. The van der Waals surface area contributed by atoms with Crippen LogP contribution in [0.5, 0.6) is 5.75 Å². The molecule has 7 heteroatoms. The van der Waals surface area contributed by atoms with Crippen LogP contribution < -0.4 is 15.6 Å². The molecule has 124 valence electrons. The molecule has 0 saturated heterocycles. The van der Waals surface area contributed by atoms with E-state index < -0.39 is 0 Å². The van der Waals surface area contributed by atoms with Gasteiger partial charge in [-0.15, -0.1) is 11.8 Å². The number of thiazole rings is 1. The van der Waals surface area contributed by atoms with Crippen LogP contribution in [0.3, 0.4) is 0 Å². The van der Waals surface area contributed by atoms with Gasteiger partial charge in [0.2, 0.25) is 11.0 Å². The first-order chi connectivity index (χ1) is 11.7. The number of methoxy groups -OCH3 is 1. The second-order valence-corrected chi connectivity index (χ2v) is 7.10. The molecule has 1 amide bonds. The number of aryl methyl sites for hydroxylation is 1. The number of thioether (sulfide) groups is 1. The summed E-state index contributed by atoms with van der Waals surface area (Å²) in [4.78, 5) is 17.5. The van der Waals surface area contributed by atoms with Crippen molar-refractivity contribution in [3.63, 3.8) is 0 Å². The van der Waals surface area contributed by atoms with Crippen molar-refractivity contribution in [1.29, 1.82) is 0 Å². The molecule has 2 N–H and O–H groups in total. The van der Waals surface area contributed by atoms with Gasteiger partial charge in [-0.3, -0.25) is 15.6 Å². The third kappa shape index (κ3) is 3.80. The van der Waals surface area contributed by atoms with Gasteiger partial charge in [-0.05, 0) is 30.7 Å². The lowest BCUT2D eigenvalue weighted by Gasteiger charge is -2.05. The van der Waals surface area contributed by atoms with E-state index in [2.05, 4.69) is 15.8 Å². The molecule has 1 aromatic heterocycles. The minimum atomic E-state index is -0.105. The van der Waals surface area contributed by atoms with Crippen LogP contribution in [0, 0.1) is 6.92 Å². The molecule has 0 radical (unpaired) electrons. The highest BCUT2D eigenvalue weighted by molar-refractivity contribution is 8.00. The lowest BCUT2D eigenvalue weighted by molar-refractivity contribution is -0.118. The smallest absolute Gasteiger partial charge is 0.248 e. The van der Waals surface area contributed by atoms with E-state index in [9.17, 15) is 4.79 Å². The minimum absolute atomic E-state index is 0.105. The summed E-state index contributed by atoms with van der Waals surface area (Å²) in [7, 11) is 1.62. The molecule has 0 unspecified atom stereocenters. The first-order valence-electron chi connectivity index (χ1n) is 7.34. The Morgan fingerprint density at radius 1 is 1.25 bits per heavy atom. The van der Waals surface area contributed by atoms with Gasteiger partial charge < -0.3 is 4.74 Å². The summed E-state index contributed by atoms with van der Waals surface area (Å²) in [6.07, 6.45) is 0. The van der Waals surface area contributed by atoms with E-state index in [1.165, 1.54) is 23.1 Å². The van der Waals surface area contributed by atoms with Crippen LogP contribution in [0.1, 0.15) is 5.56 Å². The van der Waals surface area contributed by atoms with Crippen LogP contribution in [-0.4, -0.2) is 23.8 Å². The Morgan fingerprint density at radius 3 is 2.79 bits per heavy atom. The Kier molecular flexibility index (Phi) is 5.22. The van der Waals surface area contributed by atoms with Gasteiger partial charge in [0.1, 0.15) is 11.3 Å². The highest BCUT2D eigenvalue weighted by atomic mass is 32.2. The first kappa shape index (κ1) is 16.6. The number of nitrogens with one attached hydrogen (secondary N) is 2. The minimum Gasteiger partial charge on any atom is -0.494 e. The van der Waals surface area contributed by atoms with E-state index in [4.69, 9.17) is 4.74 Å². The monoisotopic (exact) mass is 359 g/mol. The maximum atomic E-state index is 12.0. The average molecular weight is 359 g/mol.